The summed E-state index contributed by atoms with van der Waals surface area (Å²) in [5.41, 5.74) is 4.40. The lowest BCUT2D eigenvalue weighted by molar-refractivity contribution is -0.00000469. The van der Waals surface area contributed by atoms with Crippen molar-refractivity contribution in [2.75, 3.05) is 0 Å². The van der Waals surface area contributed by atoms with Crippen molar-refractivity contribution in [1.82, 2.24) is 14.5 Å². The van der Waals surface area contributed by atoms with Gasteiger partial charge in [0.05, 0.1) is 11.0 Å². The van der Waals surface area contributed by atoms with Crippen LogP contribution >= 0.6 is 0 Å². The summed E-state index contributed by atoms with van der Waals surface area (Å²) < 4.78 is 3.37. The lowest BCUT2D eigenvalue weighted by atomic mass is 10.1. The van der Waals surface area contributed by atoms with E-state index in [0.29, 0.717) is 0 Å². The Morgan fingerprint density at radius 2 is 1.65 bits per heavy atom. The van der Waals surface area contributed by atoms with E-state index in [0.717, 1.165) is 17.6 Å². The summed E-state index contributed by atoms with van der Waals surface area (Å²) in [5.74, 6) is 0. The van der Waals surface area contributed by atoms with Crippen molar-refractivity contribution in [3.63, 3.8) is 0 Å². The first-order chi connectivity index (χ1) is 10.6. The zero-order valence-corrected chi connectivity index (χ0v) is 14.3. The summed E-state index contributed by atoms with van der Waals surface area (Å²) in [4.78, 5) is 12.0. The molecular weight excluding hydrogens is 310 g/mol. The second-order valence-corrected chi connectivity index (χ2v) is 5.74. The van der Waals surface area contributed by atoms with Gasteiger partial charge in [-0.25, -0.2) is 4.79 Å². The zero-order chi connectivity index (χ0) is 15.7. The van der Waals surface area contributed by atoms with E-state index in [9.17, 15) is 4.79 Å². The van der Waals surface area contributed by atoms with Crippen LogP contribution < -0.4 is 23.4 Å². The molecule has 0 aliphatic heterocycles. The third-order valence-electron chi connectivity index (χ3n) is 4.25. The number of nitrogens with one attached hydrogen (secondary N) is 1. The standard InChI is InChI=1S/C18H21N3O.ClH/c1-13(15-7-5-4-6-8-15)19-12-14-9-10-16-17(11-14)21(3)18(22)20(16)2;/h4-11,13,19H,12H2,1-3H3;1H/p-1. The minimum Gasteiger partial charge on any atom is -1.00 e. The summed E-state index contributed by atoms with van der Waals surface area (Å²) in [7, 11) is 3.62. The molecule has 0 radical (unpaired) electrons. The Hall–Kier alpha value is -2.04. The summed E-state index contributed by atoms with van der Waals surface area (Å²) >= 11 is 0. The van der Waals surface area contributed by atoms with Gasteiger partial charge >= 0.3 is 5.69 Å². The molecule has 1 N–H and O–H groups in total. The Labute approximate surface area is 142 Å². The van der Waals surface area contributed by atoms with Crippen LogP contribution in [0.3, 0.4) is 0 Å². The lowest BCUT2D eigenvalue weighted by Crippen LogP contribution is -3.00. The molecule has 0 bridgehead atoms. The topological polar surface area (TPSA) is 39.0 Å². The highest BCUT2D eigenvalue weighted by atomic mass is 35.5. The van der Waals surface area contributed by atoms with Crippen molar-refractivity contribution in [3.8, 4) is 0 Å². The highest BCUT2D eigenvalue weighted by molar-refractivity contribution is 5.76. The van der Waals surface area contributed by atoms with E-state index in [1.54, 1.807) is 16.2 Å². The highest BCUT2D eigenvalue weighted by Gasteiger charge is 2.09. The van der Waals surface area contributed by atoms with Gasteiger partial charge in [-0.15, -0.1) is 0 Å². The lowest BCUT2D eigenvalue weighted by Gasteiger charge is -2.14. The number of imidazole rings is 1. The Morgan fingerprint density at radius 3 is 2.35 bits per heavy atom. The maximum Gasteiger partial charge on any atom is 0.328 e. The third kappa shape index (κ3) is 3.33. The first kappa shape index (κ1) is 17.3. The average Bonchev–Trinajstić information content (AvgIpc) is 2.78. The number of hydrogen-bond acceptors (Lipinski definition) is 2. The summed E-state index contributed by atoms with van der Waals surface area (Å²) in [6, 6.07) is 16.9. The fraction of sp³-hybridized carbons (Fsp3) is 0.278. The number of hydrogen-bond donors (Lipinski definition) is 1. The van der Waals surface area contributed by atoms with E-state index in [1.807, 2.05) is 19.2 Å². The van der Waals surface area contributed by atoms with E-state index in [2.05, 4.69) is 48.6 Å². The largest absolute Gasteiger partial charge is 1.00 e. The second-order valence-electron chi connectivity index (χ2n) is 5.74. The fourth-order valence-corrected chi connectivity index (χ4v) is 2.79. The van der Waals surface area contributed by atoms with Gasteiger partial charge in [-0.1, -0.05) is 36.4 Å². The number of nitrogens with zero attached hydrogens (tertiary/aromatic N) is 2. The third-order valence-corrected chi connectivity index (χ3v) is 4.25. The van der Waals surface area contributed by atoms with Crippen molar-refractivity contribution in [3.05, 3.63) is 70.1 Å². The quantitative estimate of drug-likeness (QED) is 0.715. The van der Waals surface area contributed by atoms with Crippen LogP contribution in [0.25, 0.3) is 11.0 Å². The Balaban J connectivity index is 0.00000192. The number of fused-ring (bicyclic) bond motifs is 1. The van der Waals surface area contributed by atoms with Gasteiger partial charge in [0.25, 0.3) is 0 Å². The molecule has 0 fully saturated rings. The normalized spacial score (nSPS) is 12.1. The number of halogens is 1. The molecule has 5 heteroatoms. The SMILES string of the molecule is CC(NCc1ccc2c(c1)n(C)c(=O)n2C)c1ccccc1.[Cl-]. The van der Waals surface area contributed by atoms with Gasteiger partial charge in [-0.3, -0.25) is 9.13 Å². The van der Waals surface area contributed by atoms with Gasteiger partial charge in [0.15, 0.2) is 0 Å². The number of rotatable bonds is 4. The molecule has 122 valence electrons. The molecule has 3 aromatic rings. The van der Waals surface area contributed by atoms with E-state index >= 15 is 0 Å². The second kappa shape index (κ2) is 7.02. The Morgan fingerprint density at radius 1 is 1.00 bits per heavy atom. The van der Waals surface area contributed by atoms with Crippen LogP contribution in [0.4, 0.5) is 0 Å². The Bertz CT molecular complexity index is 852. The maximum absolute atomic E-state index is 12.0. The highest BCUT2D eigenvalue weighted by Crippen LogP contribution is 2.16. The molecule has 0 saturated carbocycles. The Kier molecular flexibility index (Phi) is 5.29. The van der Waals surface area contributed by atoms with Gasteiger partial charge in [0.1, 0.15) is 0 Å². The van der Waals surface area contributed by atoms with Crippen LogP contribution in [0.2, 0.25) is 0 Å². The molecule has 2 aromatic carbocycles. The van der Waals surface area contributed by atoms with Crippen LogP contribution in [-0.4, -0.2) is 9.13 Å². The summed E-state index contributed by atoms with van der Waals surface area (Å²) in [5, 5.41) is 3.53. The predicted octanol–water partition coefficient (Wildman–Crippen LogP) is -0.268. The molecule has 4 nitrogen and oxygen atoms in total. The fourth-order valence-electron chi connectivity index (χ4n) is 2.79. The molecule has 23 heavy (non-hydrogen) atoms. The van der Waals surface area contributed by atoms with Crippen LogP contribution in [0.1, 0.15) is 24.1 Å². The summed E-state index contributed by atoms with van der Waals surface area (Å²) in [6.45, 7) is 2.93. The molecule has 0 amide bonds. The molecule has 1 aromatic heterocycles. The number of aryl methyl sites for hydroxylation is 2. The molecule has 1 atom stereocenters. The molecule has 0 aliphatic carbocycles. The monoisotopic (exact) mass is 330 g/mol. The molecule has 1 unspecified atom stereocenters. The van der Waals surface area contributed by atoms with Gasteiger partial charge in [-0.2, -0.15) is 0 Å². The maximum atomic E-state index is 12.0. The van der Waals surface area contributed by atoms with Crippen molar-refractivity contribution < 1.29 is 12.4 Å². The van der Waals surface area contributed by atoms with E-state index in [-0.39, 0.29) is 24.1 Å². The van der Waals surface area contributed by atoms with E-state index in [4.69, 9.17) is 0 Å². The van der Waals surface area contributed by atoms with Crippen molar-refractivity contribution in [2.24, 2.45) is 14.1 Å². The van der Waals surface area contributed by atoms with E-state index < -0.39 is 0 Å². The minimum absolute atomic E-state index is 0. The average molecular weight is 331 g/mol. The van der Waals surface area contributed by atoms with Crippen molar-refractivity contribution >= 4 is 11.0 Å². The molecule has 0 aliphatic rings. The van der Waals surface area contributed by atoms with Crippen LogP contribution in [0.15, 0.2) is 53.3 Å². The van der Waals surface area contributed by atoms with Crippen LogP contribution in [0.5, 0.6) is 0 Å². The molecule has 0 spiro atoms. The van der Waals surface area contributed by atoms with E-state index in [1.165, 1.54) is 11.1 Å². The van der Waals surface area contributed by atoms with Gasteiger partial charge in [-0.05, 0) is 30.2 Å². The molecular formula is C18H21ClN3O-. The number of benzene rings is 2. The van der Waals surface area contributed by atoms with Gasteiger partial charge < -0.3 is 17.7 Å². The molecule has 1 heterocycles. The van der Waals surface area contributed by atoms with Crippen molar-refractivity contribution in [2.45, 2.75) is 19.5 Å². The van der Waals surface area contributed by atoms with Gasteiger partial charge in [0, 0.05) is 26.7 Å². The first-order valence-electron chi connectivity index (χ1n) is 7.50. The molecule has 3 rings (SSSR count). The van der Waals surface area contributed by atoms with Gasteiger partial charge in [0.2, 0.25) is 0 Å². The van der Waals surface area contributed by atoms with Crippen molar-refractivity contribution in [1.29, 1.82) is 0 Å². The first-order valence-corrected chi connectivity index (χ1v) is 7.50. The smallest absolute Gasteiger partial charge is 0.328 e. The number of aromatic nitrogens is 2. The van der Waals surface area contributed by atoms with Crippen LogP contribution in [0, 0.1) is 0 Å². The minimum atomic E-state index is 0. The predicted molar refractivity (Wildman–Crippen MR) is 89.9 cm³/mol. The molecule has 0 saturated heterocycles. The zero-order valence-electron chi connectivity index (χ0n) is 13.6. The van der Waals surface area contributed by atoms with Crippen LogP contribution in [-0.2, 0) is 20.6 Å². The summed E-state index contributed by atoms with van der Waals surface area (Å²) in [6.07, 6.45) is 0.